The molecule has 1 aromatic carbocycles. The molecule has 0 bridgehead atoms. The molecular formula is C17H27NO. The van der Waals surface area contributed by atoms with Gasteiger partial charge in [0.15, 0.2) is 0 Å². The van der Waals surface area contributed by atoms with Gasteiger partial charge in [-0.15, -0.1) is 0 Å². The molecule has 2 atom stereocenters. The Balaban J connectivity index is 2.06. The summed E-state index contributed by atoms with van der Waals surface area (Å²) < 4.78 is 5.31. The molecule has 2 unspecified atom stereocenters. The number of anilines is 1. The van der Waals surface area contributed by atoms with Crippen LogP contribution in [0.3, 0.4) is 0 Å². The van der Waals surface area contributed by atoms with Crippen LogP contribution in [0.1, 0.15) is 45.6 Å². The van der Waals surface area contributed by atoms with Gasteiger partial charge in [-0.2, -0.15) is 0 Å². The third kappa shape index (κ3) is 3.65. The summed E-state index contributed by atoms with van der Waals surface area (Å²) in [5.74, 6) is 1.77. The Bertz CT molecular complexity index is 439. The summed E-state index contributed by atoms with van der Waals surface area (Å²) in [7, 11) is 1.72. The first-order valence-electron chi connectivity index (χ1n) is 7.31. The van der Waals surface area contributed by atoms with Crippen molar-refractivity contribution in [1.29, 1.82) is 0 Å². The number of rotatable bonds is 3. The molecule has 1 aliphatic rings. The van der Waals surface area contributed by atoms with Gasteiger partial charge in [0.05, 0.1) is 7.11 Å². The molecule has 0 amide bonds. The van der Waals surface area contributed by atoms with Gasteiger partial charge in [0.25, 0.3) is 0 Å². The van der Waals surface area contributed by atoms with Crippen molar-refractivity contribution >= 4 is 5.69 Å². The number of nitrogens with one attached hydrogen (secondary N) is 1. The van der Waals surface area contributed by atoms with E-state index in [1.165, 1.54) is 30.5 Å². The largest absolute Gasteiger partial charge is 0.496 e. The highest BCUT2D eigenvalue weighted by atomic mass is 16.5. The maximum atomic E-state index is 5.31. The van der Waals surface area contributed by atoms with Gasteiger partial charge < -0.3 is 10.1 Å². The summed E-state index contributed by atoms with van der Waals surface area (Å²) in [6.07, 6.45) is 3.86. The Morgan fingerprint density at radius 2 is 2.00 bits per heavy atom. The molecule has 1 N–H and O–H groups in total. The highest BCUT2D eigenvalue weighted by molar-refractivity contribution is 5.51. The van der Waals surface area contributed by atoms with E-state index in [1.54, 1.807) is 7.11 Å². The van der Waals surface area contributed by atoms with Crippen LogP contribution in [0.4, 0.5) is 5.69 Å². The first-order chi connectivity index (χ1) is 8.89. The van der Waals surface area contributed by atoms with Crippen LogP contribution in [-0.2, 0) is 0 Å². The van der Waals surface area contributed by atoms with Crippen LogP contribution in [0, 0.1) is 18.3 Å². The second kappa shape index (κ2) is 5.44. The predicted molar refractivity (Wildman–Crippen MR) is 81.9 cm³/mol. The zero-order valence-corrected chi connectivity index (χ0v) is 12.9. The molecule has 1 aliphatic carbocycles. The fraction of sp³-hybridized carbons (Fsp3) is 0.647. The fourth-order valence-corrected chi connectivity index (χ4v) is 3.66. The van der Waals surface area contributed by atoms with Crippen LogP contribution >= 0.6 is 0 Å². The molecule has 0 saturated heterocycles. The molecule has 0 heterocycles. The topological polar surface area (TPSA) is 21.3 Å². The lowest BCUT2D eigenvalue weighted by Gasteiger charge is -2.39. The molecule has 2 heteroatoms. The van der Waals surface area contributed by atoms with Crippen molar-refractivity contribution in [3.05, 3.63) is 23.8 Å². The predicted octanol–water partition coefficient (Wildman–Crippen LogP) is 4.63. The Labute approximate surface area is 117 Å². The molecule has 0 aromatic heterocycles. The Kier molecular flexibility index (Phi) is 4.07. The summed E-state index contributed by atoms with van der Waals surface area (Å²) in [6, 6.07) is 6.95. The molecule has 19 heavy (non-hydrogen) atoms. The van der Waals surface area contributed by atoms with E-state index < -0.39 is 0 Å². The zero-order valence-electron chi connectivity index (χ0n) is 12.9. The van der Waals surface area contributed by atoms with Crippen LogP contribution in [-0.4, -0.2) is 13.2 Å². The quantitative estimate of drug-likeness (QED) is 0.856. The van der Waals surface area contributed by atoms with Gasteiger partial charge in [-0.1, -0.05) is 20.8 Å². The first kappa shape index (κ1) is 14.2. The van der Waals surface area contributed by atoms with E-state index in [9.17, 15) is 0 Å². The standard InChI is InChI=1S/C17H27NO/c1-12-8-15(11-17(3,4)10-12)18-14-6-7-16(19-5)13(2)9-14/h6-7,9,12,15,18H,8,10-11H2,1-5H3. The van der Waals surface area contributed by atoms with Crippen LogP contribution in [0.15, 0.2) is 18.2 Å². The van der Waals surface area contributed by atoms with Gasteiger partial charge >= 0.3 is 0 Å². The number of ether oxygens (including phenoxy) is 1. The van der Waals surface area contributed by atoms with Gasteiger partial charge in [-0.25, -0.2) is 0 Å². The number of hydrogen-bond donors (Lipinski definition) is 1. The van der Waals surface area contributed by atoms with Crippen molar-refractivity contribution in [3.8, 4) is 5.75 Å². The van der Waals surface area contributed by atoms with E-state index in [-0.39, 0.29) is 0 Å². The van der Waals surface area contributed by atoms with Gasteiger partial charge in [0.1, 0.15) is 5.75 Å². The molecule has 1 aromatic rings. The van der Waals surface area contributed by atoms with Gasteiger partial charge in [0, 0.05) is 11.7 Å². The Morgan fingerprint density at radius 3 is 2.58 bits per heavy atom. The molecule has 0 spiro atoms. The Morgan fingerprint density at radius 1 is 1.26 bits per heavy atom. The maximum absolute atomic E-state index is 5.31. The van der Waals surface area contributed by atoms with Crippen molar-refractivity contribution in [2.45, 2.75) is 53.0 Å². The highest BCUT2D eigenvalue weighted by Crippen LogP contribution is 2.39. The van der Waals surface area contributed by atoms with Crippen molar-refractivity contribution in [3.63, 3.8) is 0 Å². The zero-order chi connectivity index (χ0) is 14.0. The number of benzene rings is 1. The first-order valence-corrected chi connectivity index (χ1v) is 7.31. The van der Waals surface area contributed by atoms with Gasteiger partial charge in [-0.3, -0.25) is 0 Å². The van der Waals surface area contributed by atoms with Crippen LogP contribution < -0.4 is 10.1 Å². The molecule has 1 fully saturated rings. The fourth-order valence-electron chi connectivity index (χ4n) is 3.66. The van der Waals surface area contributed by atoms with E-state index in [0.717, 1.165) is 11.7 Å². The highest BCUT2D eigenvalue weighted by Gasteiger charge is 2.31. The molecule has 0 radical (unpaired) electrons. The Hall–Kier alpha value is -1.18. The summed E-state index contributed by atoms with van der Waals surface area (Å²) in [6.45, 7) is 9.24. The molecular weight excluding hydrogens is 234 g/mol. The van der Waals surface area contributed by atoms with Crippen LogP contribution in [0.5, 0.6) is 5.75 Å². The average Bonchev–Trinajstić information content (AvgIpc) is 2.26. The number of methoxy groups -OCH3 is 1. The van der Waals surface area contributed by atoms with E-state index in [2.05, 4.69) is 51.2 Å². The molecule has 2 nitrogen and oxygen atoms in total. The summed E-state index contributed by atoms with van der Waals surface area (Å²) in [5.41, 5.74) is 2.86. The smallest absolute Gasteiger partial charge is 0.121 e. The second-order valence-corrected chi connectivity index (χ2v) is 6.94. The van der Waals surface area contributed by atoms with Crippen molar-refractivity contribution < 1.29 is 4.74 Å². The summed E-state index contributed by atoms with van der Waals surface area (Å²) >= 11 is 0. The lowest BCUT2D eigenvalue weighted by molar-refractivity contribution is 0.178. The van der Waals surface area contributed by atoms with E-state index in [4.69, 9.17) is 4.74 Å². The van der Waals surface area contributed by atoms with E-state index in [0.29, 0.717) is 11.5 Å². The normalized spacial score (nSPS) is 25.9. The van der Waals surface area contributed by atoms with Gasteiger partial charge in [0.2, 0.25) is 0 Å². The molecule has 0 aliphatic heterocycles. The van der Waals surface area contributed by atoms with E-state index in [1.807, 2.05) is 0 Å². The SMILES string of the molecule is COc1ccc(NC2CC(C)CC(C)(C)C2)cc1C. The minimum absolute atomic E-state index is 0.455. The number of hydrogen-bond acceptors (Lipinski definition) is 2. The molecule has 2 rings (SSSR count). The van der Waals surface area contributed by atoms with Crippen molar-refractivity contribution in [1.82, 2.24) is 0 Å². The third-order valence-corrected chi connectivity index (χ3v) is 4.15. The monoisotopic (exact) mass is 261 g/mol. The van der Waals surface area contributed by atoms with Gasteiger partial charge in [-0.05, 0) is 61.3 Å². The lowest BCUT2D eigenvalue weighted by Crippen LogP contribution is -2.35. The number of aryl methyl sites for hydroxylation is 1. The summed E-state index contributed by atoms with van der Waals surface area (Å²) in [5, 5.41) is 3.70. The minimum Gasteiger partial charge on any atom is -0.496 e. The third-order valence-electron chi connectivity index (χ3n) is 4.15. The van der Waals surface area contributed by atoms with Crippen LogP contribution in [0.2, 0.25) is 0 Å². The van der Waals surface area contributed by atoms with Crippen LogP contribution in [0.25, 0.3) is 0 Å². The van der Waals surface area contributed by atoms with Crippen molar-refractivity contribution in [2.75, 3.05) is 12.4 Å². The molecule has 1 saturated carbocycles. The molecule has 106 valence electrons. The average molecular weight is 261 g/mol. The van der Waals surface area contributed by atoms with E-state index >= 15 is 0 Å². The lowest BCUT2D eigenvalue weighted by atomic mass is 9.70. The summed E-state index contributed by atoms with van der Waals surface area (Å²) in [4.78, 5) is 0. The second-order valence-electron chi connectivity index (χ2n) is 6.94. The maximum Gasteiger partial charge on any atom is 0.121 e. The van der Waals surface area contributed by atoms with Crippen molar-refractivity contribution in [2.24, 2.45) is 11.3 Å². The minimum atomic E-state index is 0.455.